The maximum absolute atomic E-state index is 11.9. The molecule has 5 heteroatoms. The lowest BCUT2D eigenvalue weighted by molar-refractivity contribution is 0.0952. The fourth-order valence-electron chi connectivity index (χ4n) is 2.76. The van der Waals surface area contributed by atoms with Crippen LogP contribution in [0.25, 0.3) is 0 Å². The minimum absolute atomic E-state index is 0.0827. The molecule has 2 heterocycles. The van der Waals surface area contributed by atoms with Gasteiger partial charge in [-0.3, -0.25) is 4.79 Å². The molecular weight excluding hydrogens is 264 g/mol. The van der Waals surface area contributed by atoms with Gasteiger partial charge in [0.05, 0.1) is 5.56 Å². The van der Waals surface area contributed by atoms with E-state index in [2.05, 4.69) is 34.0 Å². The van der Waals surface area contributed by atoms with E-state index < -0.39 is 0 Å². The third kappa shape index (κ3) is 4.16. The summed E-state index contributed by atoms with van der Waals surface area (Å²) in [7, 11) is 0. The molecule has 1 aromatic rings. The van der Waals surface area contributed by atoms with Crippen LogP contribution in [0.1, 0.15) is 62.7 Å². The SMILES string of the molecule is CCCCNC(=O)c1cnc(N2CCCCC2CC)nc1. The molecule has 2 rings (SSSR count). The fraction of sp³-hybridized carbons (Fsp3) is 0.688. The first-order valence-electron chi connectivity index (χ1n) is 8.13. The molecule has 116 valence electrons. The van der Waals surface area contributed by atoms with E-state index in [0.717, 1.165) is 31.8 Å². The fourth-order valence-corrected chi connectivity index (χ4v) is 2.76. The standard InChI is InChI=1S/C16H26N4O/c1-3-5-9-17-15(21)13-11-18-16(19-12-13)20-10-7-6-8-14(20)4-2/h11-12,14H,3-10H2,1-2H3,(H,17,21). The van der Waals surface area contributed by atoms with Gasteiger partial charge in [-0.05, 0) is 32.1 Å². The monoisotopic (exact) mass is 290 g/mol. The Morgan fingerprint density at radius 2 is 2.10 bits per heavy atom. The Balaban J connectivity index is 1.99. The first-order valence-corrected chi connectivity index (χ1v) is 8.13. The number of amides is 1. The number of nitrogens with one attached hydrogen (secondary N) is 1. The minimum atomic E-state index is -0.0827. The van der Waals surface area contributed by atoms with Crippen molar-refractivity contribution in [3.8, 4) is 0 Å². The van der Waals surface area contributed by atoms with E-state index in [1.807, 2.05) is 0 Å². The first kappa shape index (κ1) is 15.7. The van der Waals surface area contributed by atoms with Crippen molar-refractivity contribution in [3.63, 3.8) is 0 Å². The molecule has 1 N–H and O–H groups in total. The van der Waals surface area contributed by atoms with Gasteiger partial charge >= 0.3 is 0 Å². The quantitative estimate of drug-likeness (QED) is 0.818. The molecule has 1 saturated heterocycles. The summed E-state index contributed by atoms with van der Waals surface area (Å²) in [6, 6.07) is 0.531. The van der Waals surface area contributed by atoms with Gasteiger partial charge in [0.1, 0.15) is 0 Å². The highest BCUT2D eigenvalue weighted by Crippen LogP contribution is 2.23. The zero-order valence-corrected chi connectivity index (χ0v) is 13.1. The van der Waals surface area contributed by atoms with E-state index in [0.29, 0.717) is 18.2 Å². The predicted octanol–water partition coefficient (Wildman–Crippen LogP) is 2.78. The Bertz CT molecular complexity index is 446. The van der Waals surface area contributed by atoms with Crippen LogP contribution in [0.2, 0.25) is 0 Å². The summed E-state index contributed by atoms with van der Waals surface area (Å²) in [5, 5.41) is 2.89. The average Bonchev–Trinajstić information content (AvgIpc) is 2.55. The molecule has 1 aliphatic heterocycles. The number of anilines is 1. The van der Waals surface area contributed by atoms with Gasteiger partial charge < -0.3 is 10.2 Å². The second kappa shape index (κ2) is 7.96. The third-order valence-corrected chi connectivity index (χ3v) is 4.07. The van der Waals surface area contributed by atoms with Crippen molar-refractivity contribution in [2.24, 2.45) is 0 Å². The molecule has 1 aromatic heterocycles. The summed E-state index contributed by atoms with van der Waals surface area (Å²) in [6.07, 6.45) is 10.2. The number of hydrogen-bond acceptors (Lipinski definition) is 4. The van der Waals surface area contributed by atoms with Crippen LogP contribution < -0.4 is 10.2 Å². The normalized spacial score (nSPS) is 18.6. The summed E-state index contributed by atoms with van der Waals surface area (Å²) in [4.78, 5) is 23.0. The van der Waals surface area contributed by atoms with E-state index in [1.165, 1.54) is 19.3 Å². The van der Waals surface area contributed by atoms with Gasteiger partial charge in [0.25, 0.3) is 5.91 Å². The molecule has 1 unspecified atom stereocenters. The van der Waals surface area contributed by atoms with E-state index in [-0.39, 0.29) is 5.91 Å². The predicted molar refractivity (Wildman–Crippen MR) is 84.5 cm³/mol. The van der Waals surface area contributed by atoms with Crippen LogP contribution >= 0.6 is 0 Å². The Morgan fingerprint density at radius 1 is 1.33 bits per heavy atom. The molecular formula is C16H26N4O. The lowest BCUT2D eigenvalue weighted by Gasteiger charge is -2.35. The van der Waals surface area contributed by atoms with Crippen molar-refractivity contribution in [1.82, 2.24) is 15.3 Å². The topological polar surface area (TPSA) is 58.1 Å². The molecule has 0 radical (unpaired) electrons. The number of unbranched alkanes of at least 4 members (excludes halogenated alkanes) is 1. The van der Waals surface area contributed by atoms with Gasteiger partial charge in [-0.2, -0.15) is 0 Å². The molecule has 1 amide bonds. The second-order valence-electron chi connectivity index (χ2n) is 5.63. The van der Waals surface area contributed by atoms with E-state index in [1.54, 1.807) is 12.4 Å². The van der Waals surface area contributed by atoms with Crippen molar-refractivity contribution in [2.45, 2.75) is 58.4 Å². The van der Waals surface area contributed by atoms with E-state index in [4.69, 9.17) is 0 Å². The highest BCUT2D eigenvalue weighted by atomic mass is 16.1. The lowest BCUT2D eigenvalue weighted by Crippen LogP contribution is -2.40. The Hall–Kier alpha value is -1.65. The number of carbonyl (C=O) groups is 1. The summed E-state index contributed by atoms with van der Waals surface area (Å²) in [6.45, 7) is 6.03. The largest absolute Gasteiger partial charge is 0.352 e. The molecule has 0 aromatic carbocycles. The Labute approximate surface area is 127 Å². The van der Waals surface area contributed by atoms with Crippen LogP contribution in [0.5, 0.6) is 0 Å². The number of aromatic nitrogens is 2. The highest BCUT2D eigenvalue weighted by molar-refractivity contribution is 5.93. The molecule has 0 spiro atoms. The summed E-state index contributed by atoms with van der Waals surface area (Å²) < 4.78 is 0. The van der Waals surface area contributed by atoms with Crippen molar-refractivity contribution in [3.05, 3.63) is 18.0 Å². The maximum atomic E-state index is 11.9. The van der Waals surface area contributed by atoms with Gasteiger partial charge in [-0.1, -0.05) is 20.3 Å². The zero-order chi connectivity index (χ0) is 15.1. The number of carbonyl (C=O) groups excluding carboxylic acids is 1. The van der Waals surface area contributed by atoms with Gasteiger partial charge in [0, 0.05) is 31.5 Å². The number of nitrogens with zero attached hydrogens (tertiary/aromatic N) is 3. The van der Waals surface area contributed by atoms with Crippen molar-refractivity contribution >= 4 is 11.9 Å². The number of hydrogen-bond donors (Lipinski definition) is 1. The number of piperidine rings is 1. The zero-order valence-electron chi connectivity index (χ0n) is 13.1. The van der Waals surface area contributed by atoms with Gasteiger partial charge in [-0.25, -0.2) is 9.97 Å². The molecule has 21 heavy (non-hydrogen) atoms. The van der Waals surface area contributed by atoms with E-state index in [9.17, 15) is 4.79 Å². The van der Waals surface area contributed by atoms with Crippen LogP contribution in [0.3, 0.4) is 0 Å². The van der Waals surface area contributed by atoms with Gasteiger partial charge in [0.2, 0.25) is 5.95 Å². The Morgan fingerprint density at radius 3 is 2.76 bits per heavy atom. The van der Waals surface area contributed by atoms with Crippen molar-refractivity contribution in [1.29, 1.82) is 0 Å². The van der Waals surface area contributed by atoms with Gasteiger partial charge in [0.15, 0.2) is 0 Å². The Kier molecular flexibility index (Phi) is 5.96. The second-order valence-corrected chi connectivity index (χ2v) is 5.63. The van der Waals surface area contributed by atoms with Crippen molar-refractivity contribution < 1.29 is 4.79 Å². The summed E-state index contributed by atoms with van der Waals surface area (Å²) >= 11 is 0. The molecule has 0 saturated carbocycles. The third-order valence-electron chi connectivity index (χ3n) is 4.07. The van der Waals surface area contributed by atoms with Crippen LogP contribution in [0.4, 0.5) is 5.95 Å². The minimum Gasteiger partial charge on any atom is -0.352 e. The summed E-state index contributed by atoms with van der Waals surface area (Å²) in [5.41, 5.74) is 0.542. The molecule has 1 aliphatic rings. The molecule has 1 fully saturated rings. The van der Waals surface area contributed by atoms with Crippen LogP contribution in [0, 0.1) is 0 Å². The molecule has 1 atom stereocenters. The highest BCUT2D eigenvalue weighted by Gasteiger charge is 2.23. The maximum Gasteiger partial charge on any atom is 0.254 e. The summed E-state index contributed by atoms with van der Waals surface area (Å²) in [5.74, 6) is 0.673. The van der Waals surface area contributed by atoms with Crippen LogP contribution in [-0.4, -0.2) is 35.0 Å². The van der Waals surface area contributed by atoms with Gasteiger partial charge in [-0.15, -0.1) is 0 Å². The number of rotatable bonds is 6. The van der Waals surface area contributed by atoms with Crippen molar-refractivity contribution in [2.75, 3.05) is 18.0 Å². The molecule has 0 aliphatic carbocycles. The average molecular weight is 290 g/mol. The molecule has 5 nitrogen and oxygen atoms in total. The van der Waals surface area contributed by atoms with E-state index >= 15 is 0 Å². The van der Waals surface area contributed by atoms with Crippen LogP contribution in [0.15, 0.2) is 12.4 Å². The molecule has 0 bridgehead atoms. The van der Waals surface area contributed by atoms with Crippen LogP contribution in [-0.2, 0) is 0 Å². The smallest absolute Gasteiger partial charge is 0.254 e. The first-order chi connectivity index (χ1) is 10.3. The lowest BCUT2D eigenvalue weighted by atomic mass is 10.0.